The van der Waals surface area contributed by atoms with E-state index in [1.807, 2.05) is 6.92 Å². The fourth-order valence-corrected chi connectivity index (χ4v) is 4.24. The Bertz CT molecular complexity index is 648. The van der Waals surface area contributed by atoms with Gasteiger partial charge in [-0.3, -0.25) is 0 Å². The van der Waals surface area contributed by atoms with E-state index in [4.69, 9.17) is 14.2 Å². The molecule has 2 fully saturated rings. The van der Waals surface area contributed by atoms with Crippen LogP contribution >= 0.6 is 0 Å². The summed E-state index contributed by atoms with van der Waals surface area (Å²) in [6.07, 6.45) is 9.72. The van der Waals surface area contributed by atoms with Gasteiger partial charge < -0.3 is 14.2 Å². The molecule has 0 N–H and O–H groups in total. The van der Waals surface area contributed by atoms with Crippen LogP contribution < -0.4 is 4.74 Å². The van der Waals surface area contributed by atoms with Crippen LogP contribution in [0.4, 0.5) is 8.78 Å². The molecule has 0 bridgehead atoms. The molecule has 0 aromatic heterocycles. The number of ether oxygens (including phenoxy) is 3. The summed E-state index contributed by atoms with van der Waals surface area (Å²) < 4.78 is 46.0. The lowest BCUT2D eigenvalue weighted by atomic mass is 9.82. The first-order valence-electron chi connectivity index (χ1n) is 11.1. The molecule has 2 unspecified atom stereocenters. The lowest BCUT2D eigenvalue weighted by Crippen LogP contribution is -2.30. The number of hydrogen-bond acceptors (Lipinski definition) is 3. The highest BCUT2D eigenvalue weighted by molar-refractivity contribution is 5.33. The van der Waals surface area contributed by atoms with Crippen LogP contribution in [-0.4, -0.2) is 26.1 Å². The zero-order valence-corrected chi connectivity index (χ0v) is 17.5. The van der Waals surface area contributed by atoms with Crippen molar-refractivity contribution in [3.05, 3.63) is 42.0 Å². The number of hydrogen-bond donors (Lipinski definition) is 0. The Kier molecular flexibility index (Phi) is 8.49. The van der Waals surface area contributed by atoms with E-state index in [1.165, 1.54) is 31.7 Å². The van der Waals surface area contributed by atoms with Crippen LogP contribution in [0.15, 0.2) is 24.8 Å². The van der Waals surface area contributed by atoms with Crippen molar-refractivity contribution < 1.29 is 23.0 Å². The van der Waals surface area contributed by atoms with E-state index in [0.29, 0.717) is 43.6 Å². The molecule has 3 rings (SSSR count). The van der Waals surface area contributed by atoms with Crippen molar-refractivity contribution in [3.8, 4) is 5.75 Å². The van der Waals surface area contributed by atoms with Gasteiger partial charge >= 0.3 is 0 Å². The maximum Gasteiger partial charge on any atom is 0.200 e. The summed E-state index contributed by atoms with van der Waals surface area (Å²) in [5.74, 6) is -0.644. The first-order chi connectivity index (χ1) is 14.1. The van der Waals surface area contributed by atoms with E-state index in [1.54, 1.807) is 6.07 Å². The molecule has 0 radical (unpaired) electrons. The van der Waals surface area contributed by atoms with Crippen molar-refractivity contribution >= 4 is 0 Å². The fraction of sp³-hybridized carbons (Fsp3) is 0.667. The fourth-order valence-electron chi connectivity index (χ4n) is 4.24. The highest BCUT2D eigenvalue weighted by atomic mass is 19.2. The number of rotatable bonds is 9. The Morgan fingerprint density at radius 2 is 1.90 bits per heavy atom. The first kappa shape index (κ1) is 22.2. The number of halogens is 2. The molecular formula is C24H34F2O3. The molecule has 2 atom stereocenters. The van der Waals surface area contributed by atoms with Crippen LogP contribution in [-0.2, 0) is 9.47 Å². The lowest BCUT2D eigenvalue weighted by molar-refractivity contribution is -0.175. The summed E-state index contributed by atoms with van der Waals surface area (Å²) in [6.45, 7) is 7.37. The van der Waals surface area contributed by atoms with E-state index in [-0.39, 0.29) is 18.0 Å². The molecule has 5 heteroatoms. The van der Waals surface area contributed by atoms with Gasteiger partial charge in [0, 0.05) is 5.92 Å². The summed E-state index contributed by atoms with van der Waals surface area (Å²) >= 11 is 0. The Hall–Kier alpha value is -1.46. The zero-order valence-electron chi connectivity index (χ0n) is 17.5. The molecule has 1 aromatic rings. The molecule has 1 saturated carbocycles. The molecule has 1 aliphatic carbocycles. The minimum atomic E-state index is -0.896. The van der Waals surface area contributed by atoms with Crippen molar-refractivity contribution in [2.75, 3.05) is 19.8 Å². The average Bonchev–Trinajstić information content (AvgIpc) is 2.76. The lowest BCUT2D eigenvalue weighted by Gasteiger charge is -2.32. The quantitative estimate of drug-likeness (QED) is 0.351. The Balaban J connectivity index is 1.45. The molecule has 162 valence electrons. The molecule has 0 amide bonds. The summed E-state index contributed by atoms with van der Waals surface area (Å²) in [5.41, 5.74) is 0.367. The second-order valence-corrected chi connectivity index (χ2v) is 8.37. The van der Waals surface area contributed by atoms with Crippen molar-refractivity contribution in [3.63, 3.8) is 0 Å². The van der Waals surface area contributed by atoms with E-state index >= 15 is 0 Å². The van der Waals surface area contributed by atoms with Gasteiger partial charge in [-0.15, -0.1) is 6.58 Å². The van der Waals surface area contributed by atoms with Gasteiger partial charge in [-0.05, 0) is 68.4 Å². The van der Waals surface area contributed by atoms with Crippen LogP contribution in [0.1, 0.15) is 69.8 Å². The van der Waals surface area contributed by atoms with E-state index < -0.39 is 11.6 Å². The number of allylic oxidation sites excluding steroid dienone is 1. The SMILES string of the molecule is C=CC1CCC(COC2CCC(c3ccc(OCCCC)c(F)c3F)CO2)CC1. The molecular weight excluding hydrogens is 374 g/mol. The molecule has 1 aromatic carbocycles. The Labute approximate surface area is 173 Å². The monoisotopic (exact) mass is 408 g/mol. The maximum absolute atomic E-state index is 14.6. The zero-order chi connectivity index (χ0) is 20.6. The van der Waals surface area contributed by atoms with Crippen molar-refractivity contribution in [1.29, 1.82) is 0 Å². The van der Waals surface area contributed by atoms with Crippen LogP contribution in [0.5, 0.6) is 5.75 Å². The second-order valence-electron chi connectivity index (χ2n) is 8.37. The average molecular weight is 409 g/mol. The van der Waals surface area contributed by atoms with Crippen LogP contribution in [0.25, 0.3) is 0 Å². The molecule has 1 heterocycles. The van der Waals surface area contributed by atoms with E-state index in [9.17, 15) is 8.78 Å². The highest BCUT2D eigenvalue weighted by Gasteiger charge is 2.28. The summed E-state index contributed by atoms with van der Waals surface area (Å²) in [4.78, 5) is 0. The predicted octanol–water partition coefficient (Wildman–Crippen LogP) is 6.37. The second kappa shape index (κ2) is 11.1. The van der Waals surface area contributed by atoms with Crippen LogP contribution in [0, 0.1) is 23.5 Å². The summed E-state index contributed by atoms with van der Waals surface area (Å²) in [5, 5.41) is 0. The molecule has 2 aliphatic rings. The van der Waals surface area contributed by atoms with Gasteiger partial charge in [0.1, 0.15) is 0 Å². The third-order valence-corrected chi connectivity index (χ3v) is 6.25. The first-order valence-corrected chi connectivity index (χ1v) is 11.1. The van der Waals surface area contributed by atoms with Gasteiger partial charge in [-0.1, -0.05) is 25.5 Å². The van der Waals surface area contributed by atoms with Gasteiger partial charge in [-0.25, -0.2) is 4.39 Å². The molecule has 3 nitrogen and oxygen atoms in total. The minimum absolute atomic E-state index is 0.0104. The highest BCUT2D eigenvalue weighted by Crippen LogP contribution is 2.35. The minimum Gasteiger partial charge on any atom is -0.490 e. The van der Waals surface area contributed by atoms with Crippen LogP contribution in [0.2, 0.25) is 0 Å². The van der Waals surface area contributed by atoms with Gasteiger partial charge in [0.05, 0.1) is 19.8 Å². The third kappa shape index (κ3) is 6.02. The molecule has 1 saturated heterocycles. The molecule has 29 heavy (non-hydrogen) atoms. The normalized spacial score (nSPS) is 27.6. The summed E-state index contributed by atoms with van der Waals surface area (Å²) in [7, 11) is 0. The Morgan fingerprint density at radius 3 is 2.55 bits per heavy atom. The van der Waals surface area contributed by atoms with Crippen molar-refractivity contribution in [2.45, 2.75) is 70.5 Å². The van der Waals surface area contributed by atoms with Gasteiger partial charge in [0.25, 0.3) is 0 Å². The number of unbranched alkanes of at least 4 members (excludes halogenated alkanes) is 1. The van der Waals surface area contributed by atoms with Crippen molar-refractivity contribution in [2.24, 2.45) is 11.8 Å². The number of benzene rings is 1. The van der Waals surface area contributed by atoms with Crippen LogP contribution in [0.3, 0.4) is 0 Å². The van der Waals surface area contributed by atoms with E-state index in [2.05, 4.69) is 12.7 Å². The van der Waals surface area contributed by atoms with Gasteiger partial charge in [-0.2, -0.15) is 4.39 Å². The van der Waals surface area contributed by atoms with Gasteiger partial charge in [0.15, 0.2) is 17.9 Å². The third-order valence-electron chi connectivity index (χ3n) is 6.25. The standard InChI is InChI=1S/C24H34F2O3/c1-3-5-14-27-21-12-11-20(23(25)24(21)26)19-10-13-22(29-16-19)28-15-18-8-6-17(4-2)7-9-18/h4,11-12,17-19,22H,2-3,5-10,13-16H2,1H3. The molecule has 1 aliphatic heterocycles. The topological polar surface area (TPSA) is 27.7 Å². The maximum atomic E-state index is 14.6. The summed E-state index contributed by atoms with van der Waals surface area (Å²) in [6, 6.07) is 3.17. The molecule has 0 spiro atoms. The smallest absolute Gasteiger partial charge is 0.200 e. The van der Waals surface area contributed by atoms with E-state index in [0.717, 1.165) is 19.3 Å². The van der Waals surface area contributed by atoms with Gasteiger partial charge in [0.2, 0.25) is 5.82 Å². The van der Waals surface area contributed by atoms with Crippen molar-refractivity contribution in [1.82, 2.24) is 0 Å². The Morgan fingerprint density at radius 1 is 1.10 bits per heavy atom. The predicted molar refractivity (Wildman–Crippen MR) is 110 cm³/mol. The largest absolute Gasteiger partial charge is 0.490 e.